The molecule has 144 valence electrons. The van der Waals surface area contributed by atoms with Crippen LogP contribution in [0.1, 0.15) is 51.5 Å². The Morgan fingerprint density at radius 2 is 1.85 bits per heavy atom. The van der Waals surface area contributed by atoms with E-state index in [1.807, 2.05) is 64.0 Å². The van der Waals surface area contributed by atoms with Crippen LogP contribution >= 0.6 is 0 Å². The largest absolute Gasteiger partial charge is 0.460 e. The van der Waals surface area contributed by atoms with E-state index >= 15 is 0 Å². The number of allylic oxidation sites excluding steroid dienone is 3. The molecule has 1 aromatic carbocycles. The van der Waals surface area contributed by atoms with E-state index in [9.17, 15) is 9.59 Å². The average molecular weight is 368 g/mol. The fourth-order valence-electron chi connectivity index (χ4n) is 3.83. The molecule has 1 aromatic rings. The zero-order valence-electron chi connectivity index (χ0n) is 16.8. The molecular weight excluding hydrogens is 340 g/mol. The minimum absolute atomic E-state index is 0.118. The molecule has 0 amide bonds. The summed E-state index contributed by atoms with van der Waals surface area (Å²) in [7, 11) is 3.97. The molecule has 2 aliphatic rings. The number of dihydropyridines is 1. The summed E-state index contributed by atoms with van der Waals surface area (Å²) in [5, 5.41) is 3.31. The minimum Gasteiger partial charge on any atom is -0.460 e. The average Bonchev–Trinajstić information content (AvgIpc) is 2.60. The predicted octanol–water partition coefficient (Wildman–Crippen LogP) is 3.67. The van der Waals surface area contributed by atoms with Crippen molar-refractivity contribution in [3.8, 4) is 0 Å². The highest BCUT2D eigenvalue weighted by Crippen LogP contribution is 2.42. The van der Waals surface area contributed by atoms with Gasteiger partial charge in [0.2, 0.25) is 0 Å². The molecule has 1 aliphatic heterocycles. The number of nitrogens with zero attached hydrogens (tertiary/aromatic N) is 1. The zero-order chi connectivity index (χ0) is 19.7. The van der Waals surface area contributed by atoms with Gasteiger partial charge in [-0.2, -0.15) is 0 Å². The number of carbonyl (C=O) groups is 2. The molecule has 0 aromatic heterocycles. The maximum atomic E-state index is 12.9. The summed E-state index contributed by atoms with van der Waals surface area (Å²) in [6.07, 6.45) is 1.98. The number of rotatable bonds is 4. The van der Waals surface area contributed by atoms with Gasteiger partial charge in [0, 0.05) is 49.1 Å². The van der Waals surface area contributed by atoms with Crippen LogP contribution in [-0.4, -0.2) is 32.0 Å². The smallest absolute Gasteiger partial charge is 0.337 e. The third-order valence-corrected chi connectivity index (χ3v) is 5.08. The van der Waals surface area contributed by atoms with Gasteiger partial charge >= 0.3 is 5.97 Å². The van der Waals surface area contributed by atoms with Crippen molar-refractivity contribution in [3.05, 3.63) is 52.4 Å². The highest BCUT2D eigenvalue weighted by molar-refractivity contribution is 6.03. The number of nitrogens with one attached hydrogen (secondary N) is 1. The van der Waals surface area contributed by atoms with E-state index in [2.05, 4.69) is 5.32 Å². The van der Waals surface area contributed by atoms with Crippen LogP contribution in [0.25, 0.3) is 0 Å². The number of carbonyl (C=O) groups excluding carboxylic acids is 2. The molecule has 5 heteroatoms. The van der Waals surface area contributed by atoms with Crippen LogP contribution in [0.4, 0.5) is 5.69 Å². The van der Waals surface area contributed by atoms with Gasteiger partial charge < -0.3 is 15.0 Å². The predicted molar refractivity (Wildman–Crippen MR) is 106 cm³/mol. The number of ether oxygens (including phenoxy) is 1. The van der Waals surface area contributed by atoms with E-state index in [-0.39, 0.29) is 23.8 Å². The van der Waals surface area contributed by atoms with Crippen molar-refractivity contribution in [2.75, 3.05) is 19.0 Å². The lowest BCUT2D eigenvalue weighted by Gasteiger charge is -2.34. The van der Waals surface area contributed by atoms with E-state index in [1.54, 1.807) is 0 Å². The van der Waals surface area contributed by atoms with Gasteiger partial charge in [-0.3, -0.25) is 4.79 Å². The van der Waals surface area contributed by atoms with E-state index < -0.39 is 0 Å². The molecule has 27 heavy (non-hydrogen) atoms. The molecule has 0 unspecified atom stereocenters. The van der Waals surface area contributed by atoms with Gasteiger partial charge in [-0.1, -0.05) is 12.1 Å². The van der Waals surface area contributed by atoms with Crippen LogP contribution in [0.5, 0.6) is 0 Å². The summed E-state index contributed by atoms with van der Waals surface area (Å²) >= 11 is 0. The van der Waals surface area contributed by atoms with Crippen molar-refractivity contribution in [2.45, 2.75) is 52.1 Å². The Hall–Kier alpha value is -2.56. The van der Waals surface area contributed by atoms with Crippen LogP contribution in [0.2, 0.25) is 0 Å². The molecular formula is C22H28N2O3. The molecule has 0 radical (unpaired) electrons. The Labute approximate surface area is 161 Å². The molecule has 1 N–H and O–H groups in total. The quantitative estimate of drug-likeness (QED) is 0.822. The lowest BCUT2D eigenvalue weighted by molar-refractivity contribution is -0.143. The normalized spacial score (nSPS) is 19.8. The second-order valence-corrected chi connectivity index (χ2v) is 7.71. The molecule has 0 saturated heterocycles. The highest BCUT2D eigenvalue weighted by Gasteiger charge is 2.39. The highest BCUT2D eigenvalue weighted by atomic mass is 16.5. The maximum Gasteiger partial charge on any atom is 0.337 e. The third kappa shape index (κ3) is 3.77. The van der Waals surface area contributed by atoms with Gasteiger partial charge in [0.05, 0.1) is 11.7 Å². The second kappa shape index (κ2) is 7.59. The van der Waals surface area contributed by atoms with Crippen LogP contribution in [0, 0.1) is 0 Å². The van der Waals surface area contributed by atoms with E-state index in [4.69, 9.17) is 4.74 Å². The van der Waals surface area contributed by atoms with E-state index in [0.29, 0.717) is 12.0 Å². The molecule has 3 rings (SSSR count). The SMILES string of the molecule is CC1=C(C(=O)OC(C)C)[C@H](c2ccc(N(C)C)cc2)C2=C(CCCC2=O)N1. The lowest BCUT2D eigenvalue weighted by atomic mass is 9.75. The van der Waals surface area contributed by atoms with Gasteiger partial charge in [-0.25, -0.2) is 4.79 Å². The Morgan fingerprint density at radius 3 is 2.44 bits per heavy atom. The third-order valence-electron chi connectivity index (χ3n) is 5.08. The van der Waals surface area contributed by atoms with Crippen molar-refractivity contribution in [2.24, 2.45) is 0 Å². The van der Waals surface area contributed by atoms with Crippen molar-refractivity contribution < 1.29 is 14.3 Å². The van der Waals surface area contributed by atoms with Crippen LogP contribution in [0.15, 0.2) is 46.8 Å². The maximum absolute atomic E-state index is 12.9. The summed E-state index contributed by atoms with van der Waals surface area (Å²) in [5.41, 5.74) is 5.00. The van der Waals surface area contributed by atoms with Crippen LogP contribution in [0.3, 0.4) is 0 Å². The monoisotopic (exact) mass is 368 g/mol. The first-order chi connectivity index (χ1) is 12.8. The summed E-state index contributed by atoms with van der Waals surface area (Å²) in [6.45, 7) is 5.56. The number of hydrogen-bond donors (Lipinski definition) is 1. The minimum atomic E-state index is -0.378. The number of Topliss-reactive ketones (excluding diaryl/α,β-unsaturated/α-hetero) is 1. The number of benzene rings is 1. The van der Waals surface area contributed by atoms with Crippen LogP contribution in [-0.2, 0) is 14.3 Å². The first kappa shape index (κ1) is 19.2. The van der Waals surface area contributed by atoms with Gasteiger partial charge in [-0.05, 0) is 51.3 Å². The summed E-state index contributed by atoms with van der Waals surface area (Å²) in [4.78, 5) is 27.7. The molecule has 1 atom stereocenters. The molecule has 0 bridgehead atoms. The molecule has 5 nitrogen and oxygen atoms in total. The Kier molecular flexibility index (Phi) is 5.40. The van der Waals surface area contributed by atoms with Crippen molar-refractivity contribution in [1.29, 1.82) is 0 Å². The lowest BCUT2D eigenvalue weighted by Crippen LogP contribution is -2.34. The van der Waals surface area contributed by atoms with E-state index in [0.717, 1.165) is 41.1 Å². The molecule has 1 heterocycles. The first-order valence-electron chi connectivity index (χ1n) is 9.52. The standard InChI is InChI=1S/C22H28N2O3/c1-13(2)27-22(26)19-14(3)23-17-7-6-8-18(25)21(17)20(19)15-9-11-16(12-10-15)24(4)5/h9-13,20,23H,6-8H2,1-5H3/t20-/m0/s1. The fourth-order valence-corrected chi connectivity index (χ4v) is 3.83. The second-order valence-electron chi connectivity index (χ2n) is 7.71. The topological polar surface area (TPSA) is 58.6 Å². The Balaban J connectivity index is 2.11. The van der Waals surface area contributed by atoms with Crippen molar-refractivity contribution in [1.82, 2.24) is 5.32 Å². The van der Waals surface area contributed by atoms with Gasteiger partial charge in [0.1, 0.15) is 0 Å². The summed E-state index contributed by atoms with van der Waals surface area (Å²) in [6, 6.07) is 8.05. The van der Waals surface area contributed by atoms with Gasteiger partial charge in [0.15, 0.2) is 5.78 Å². The Morgan fingerprint density at radius 1 is 1.19 bits per heavy atom. The van der Waals surface area contributed by atoms with E-state index in [1.165, 1.54) is 0 Å². The molecule has 0 saturated carbocycles. The summed E-state index contributed by atoms with van der Waals surface area (Å²) < 4.78 is 5.51. The number of hydrogen-bond acceptors (Lipinski definition) is 5. The number of anilines is 1. The first-order valence-corrected chi connectivity index (χ1v) is 9.52. The van der Waals surface area contributed by atoms with Gasteiger partial charge in [0.25, 0.3) is 0 Å². The van der Waals surface area contributed by atoms with Gasteiger partial charge in [-0.15, -0.1) is 0 Å². The molecule has 0 spiro atoms. The summed E-state index contributed by atoms with van der Waals surface area (Å²) in [5.74, 6) is -0.620. The zero-order valence-corrected chi connectivity index (χ0v) is 16.8. The Bertz CT molecular complexity index is 816. The molecule has 1 aliphatic carbocycles. The van der Waals surface area contributed by atoms with Crippen molar-refractivity contribution in [3.63, 3.8) is 0 Å². The number of ketones is 1. The molecule has 0 fully saturated rings. The van der Waals surface area contributed by atoms with Crippen LogP contribution < -0.4 is 10.2 Å². The van der Waals surface area contributed by atoms with Crippen molar-refractivity contribution >= 4 is 17.4 Å². The fraction of sp³-hybridized carbons (Fsp3) is 0.455. The number of esters is 1.